The van der Waals surface area contributed by atoms with Crippen molar-refractivity contribution in [2.75, 3.05) is 31.0 Å². The summed E-state index contributed by atoms with van der Waals surface area (Å²) in [5, 5.41) is 5.57. The SMILES string of the molecule is CCOc1ccc(NC(=O)C(=O)Nc2cc(C)c(Cl)cc2OC)cc1OCC. The Bertz CT molecular complexity index is 870. The predicted octanol–water partition coefficient (Wildman–Crippen LogP) is 4.03. The smallest absolute Gasteiger partial charge is 0.314 e. The Morgan fingerprint density at radius 3 is 2.21 bits per heavy atom. The van der Waals surface area contributed by atoms with Gasteiger partial charge in [0.05, 0.1) is 26.0 Å². The van der Waals surface area contributed by atoms with Crippen molar-refractivity contribution < 1.29 is 23.8 Å². The van der Waals surface area contributed by atoms with Crippen LogP contribution in [0.4, 0.5) is 11.4 Å². The number of carbonyl (C=O) groups excluding carboxylic acids is 2. The molecule has 2 aromatic rings. The zero-order chi connectivity index (χ0) is 20.7. The van der Waals surface area contributed by atoms with Crippen LogP contribution in [0.2, 0.25) is 5.02 Å². The van der Waals surface area contributed by atoms with E-state index in [1.54, 1.807) is 37.3 Å². The van der Waals surface area contributed by atoms with Gasteiger partial charge in [0.15, 0.2) is 11.5 Å². The summed E-state index contributed by atoms with van der Waals surface area (Å²) in [6, 6.07) is 8.12. The Balaban J connectivity index is 2.13. The number of halogens is 1. The summed E-state index contributed by atoms with van der Waals surface area (Å²) in [4.78, 5) is 24.6. The molecule has 0 bridgehead atoms. The normalized spacial score (nSPS) is 10.2. The molecule has 0 radical (unpaired) electrons. The lowest BCUT2D eigenvalue weighted by atomic mass is 10.2. The Labute approximate surface area is 168 Å². The monoisotopic (exact) mass is 406 g/mol. The van der Waals surface area contributed by atoms with Crippen LogP contribution < -0.4 is 24.8 Å². The lowest BCUT2D eigenvalue weighted by Gasteiger charge is -2.14. The molecule has 0 saturated heterocycles. The Kier molecular flexibility index (Phi) is 7.52. The molecule has 150 valence electrons. The highest BCUT2D eigenvalue weighted by Gasteiger charge is 2.18. The third-order valence-corrected chi connectivity index (χ3v) is 4.14. The standard InChI is InChI=1S/C20H23ClN2O5/c1-5-27-16-8-7-13(10-18(16)28-6-2)22-19(24)20(25)23-15-9-12(3)14(21)11-17(15)26-4/h7-11H,5-6H2,1-4H3,(H,22,24)(H,23,25). The number of methoxy groups -OCH3 is 1. The topological polar surface area (TPSA) is 85.9 Å². The minimum absolute atomic E-state index is 0.353. The molecule has 2 N–H and O–H groups in total. The molecule has 8 heteroatoms. The molecule has 0 unspecified atom stereocenters. The van der Waals surface area contributed by atoms with Crippen molar-refractivity contribution in [2.45, 2.75) is 20.8 Å². The fourth-order valence-corrected chi connectivity index (χ4v) is 2.58. The third-order valence-electron chi connectivity index (χ3n) is 3.74. The van der Waals surface area contributed by atoms with Crippen LogP contribution in [0, 0.1) is 6.92 Å². The zero-order valence-corrected chi connectivity index (χ0v) is 17.0. The predicted molar refractivity (Wildman–Crippen MR) is 109 cm³/mol. The maximum Gasteiger partial charge on any atom is 0.314 e. The van der Waals surface area contributed by atoms with Gasteiger partial charge in [-0.3, -0.25) is 9.59 Å². The van der Waals surface area contributed by atoms with Gasteiger partial charge in [-0.2, -0.15) is 0 Å². The van der Waals surface area contributed by atoms with E-state index >= 15 is 0 Å². The van der Waals surface area contributed by atoms with Gasteiger partial charge in [-0.15, -0.1) is 0 Å². The second-order valence-corrected chi connectivity index (χ2v) is 6.14. The van der Waals surface area contributed by atoms with Gasteiger partial charge in [-0.1, -0.05) is 11.6 Å². The largest absolute Gasteiger partial charge is 0.495 e. The highest BCUT2D eigenvalue weighted by atomic mass is 35.5. The van der Waals surface area contributed by atoms with Crippen molar-refractivity contribution in [3.8, 4) is 17.2 Å². The summed E-state index contributed by atoms with van der Waals surface area (Å²) in [7, 11) is 1.45. The average molecular weight is 407 g/mol. The van der Waals surface area contributed by atoms with E-state index < -0.39 is 11.8 Å². The van der Waals surface area contributed by atoms with E-state index in [9.17, 15) is 9.59 Å². The fourth-order valence-electron chi connectivity index (χ4n) is 2.43. The van der Waals surface area contributed by atoms with Crippen LogP contribution in [-0.2, 0) is 9.59 Å². The summed E-state index contributed by atoms with van der Waals surface area (Å²) >= 11 is 6.05. The van der Waals surface area contributed by atoms with Crippen molar-refractivity contribution >= 4 is 34.8 Å². The number of benzene rings is 2. The van der Waals surface area contributed by atoms with Gasteiger partial charge >= 0.3 is 11.8 Å². The zero-order valence-electron chi connectivity index (χ0n) is 16.2. The van der Waals surface area contributed by atoms with Crippen LogP contribution in [0.15, 0.2) is 30.3 Å². The highest BCUT2D eigenvalue weighted by Crippen LogP contribution is 2.32. The third kappa shape index (κ3) is 5.29. The van der Waals surface area contributed by atoms with Crippen molar-refractivity contribution in [3.05, 3.63) is 40.9 Å². The average Bonchev–Trinajstić information content (AvgIpc) is 2.66. The van der Waals surface area contributed by atoms with Crippen LogP contribution in [0.1, 0.15) is 19.4 Å². The van der Waals surface area contributed by atoms with E-state index in [0.29, 0.717) is 46.9 Å². The number of hydrogen-bond donors (Lipinski definition) is 2. The van der Waals surface area contributed by atoms with E-state index in [-0.39, 0.29) is 0 Å². The number of aryl methyl sites for hydroxylation is 1. The number of ether oxygens (including phenoxy) is 3. The van der Waals surface area contributed by atoms with E-state index in [0.717, 1.165) is 5.56 Å². The van der Waals surface area contributed by atoms with Gasteiger partial charge in [0.1, 0.15) is 5.75 Å². The maximum absolute atomic E-state index is 12.3. The molecule has 0 saturated carbocycles. The molecule has 0 atom stereocenters. The maximum atomic E-state index is 12.3. The molecule has 0 aliphatic rings. The van der Waals surface area contributed by atoms with Gasteiger partial charge in [0.2, 0.25) is 0 Å². The lowest BCUT2D eigenvalue weighted by molar-refractivity contribution is -0.133. The Morgan fingerprint density at radius 1 is 0.929 bits per heavy atom. The van der Waals surface area contributed by atoms with Crippen molar-refractivity contribution in [2.24, 2.45) is 0 Å². The van der Waals surface area contributed by atoms with Gasteiger partial charge in [-0.25, -0.2) is 0 Å². The van der Waals surface area contributed by atoms with Gasteiger partial charge in [0, 0.05) is 22.8 Å². The number of anilines is 2. The molecule has 0 aliphatic carbocycles. The summed E-state index contributed by atoms with van der Waals surface area (Å²) in [5.74, 6) is -0.268. The summed E-state index contributed by atoms with van der Waals surface area (Å²) in [6.07, 6.45) is 0. The quantitative estimate of drug-likeness (QED) is 0.678. The molecule has 28 heavy (non-hydrogen) atoms. The molecule has 2 rings (SSSR count). The van der Waals surface area contributed by atoms with E-state index in [1.165, 1.54) is 7.11 Å². The molecule has 2 amide bonds. The van der Waals surface area contributed by atoms with Crippen LogP contribution in [0.3, 0.4) is 0 Å². The molecule has 0 fully saturated rings. The molecule has 0 aromatic heterocycles. The molecular formula is C20H23ClN2O5. The molecule has 0 aliphatic heterocycles. The summed E-state index contributed by atoms with van der Waals surface area (Å²) in [6.45, 7) is 6.41. The second kappa shape index (κ2) is 9.85. The first kappa shape index (κ1) is 21.4. The molecule has 2 aromatic carbocycles. The van der Waals surface area contributed by atoms with Gasteiger partial charge in [-0.05, 0) is 44.5 Å². The van der Waals surface area contributed by atoms with Crippen LogP contribution >= 0.6 is 11.6 Å². The van der Waals surface area contributed by atoms with Crippen LogP contribution in [-0.4, -0.2) is 32.1 Å². The summed E-state index contributed by atoms with van der Waals surface area (Å²) < 4.78 is 16.2. The van der Waals surface area contributed by atoms with Crippen molar-refractivity contribution in [1.82, 2.24) is 0 Å². The first-order chi connectivity index (χ1) is 13.4. The fraction of sp³-hybridized carbons (Fsp3) is 0.300. The number of hydrogen-bond acceptors (Lipinski definition) is 5. The van der Waals surface area contributed by atoms with Gasteiger partial charge in [0.25, 0.3) is 0 Å². The summed E-state index contributed by atoms with van der Waals surface area (Å²) in [5.41, 5.74) is 1.50. The number of rotatable bonds is 7. The van der Waals surface area contributed by atoms with E-state index in [4.69, 9.17) is 25.8 Å². The minimum atomic E-state index is -0.841. The first-order valence-electron chi connectivity index (χ1n) is 8.75. The molecule has 0 spiro atoms. The number of amides is 2. The molecule has 7 nitrogen and oxygen atoms in total. The minimum Gasteiger partial charge on any atom is -0.495 e. The Hall–Kier alpha value is -2.93. The molecule has 0 heterocycles. The van der Waals surface area contributed by atoms with Crippen LogP contribution in [0.25, 0.3) is 0 Å². The van der Waals surface area contributed by atoms with E-state index in [2.05, 4.69) is 10.6 Å². The van der Waals surface area contributed by atoms with Crippen molar-refractivity contribution in [1.29, 1.82) is 0 Å². The highest BCUT2D eigenvalue weighted by molar-refractivity contribution is 6.43. The second-order valence-electron chi connectivity index (χ2n) is 5.74. The van der Waals surface area contributed by atoms with Gasteiger partial charge < -0.3 is 24.8 Å². The van der Waals surface area contributed by atoms with E-state index in [1.807, 2.05) is 13.8 Å². The van der Waals surface area contributed by atoms with Crippen molar-refractivity contribution in [3.63, 3.8) is 0 Å². The van der Waals surface area contributed by atoms with Crippen LogP contribution in [0.5, 0.6) is 17.2 Å². The Morgan fingerprint density at radius 2 is 1.57 bits per heavy atom. The number of nitrogens with one attached hydrogen (secondary N) is 2. The first-order valence-corrected chi connectivity index (χ1v) is 9.13. The lowest BCUT2D eigenvalue weighted by Crippen LogP contribution is -2.29. The molecular weight excluding hydrogens is 384 g/mol. The number of carbonyl (C=O) groups is 2.